The molecule has 0 aliphatic rings. The van der Waals surface area contributed by atoms with Crippen LogP contribution in [0.3, 0.4) is 0 Å². The predicted molar refractivity (Wildman–Crippen MR) is 110 cm³/mol. The normalized spacial score (nSPS) is 12.0. The van der Waals surface area contributed by atoms with E-state index in [1.807, 2.05) is 74.7 Å². The molecule has 1 heterocycles. The molecule has 2 aromatic carbocycles. The van der Waals surface area contributed by atoms with E-state index >= 15 is 0 Å². The number of hydrogen-bond donors (Lipinski definition) is 1. The molecule has 3 aromatic rings. The van der Waals surface area contributed by atoms with Gasteiger partial charge in [0.1, 0.15) is 0 Å². The number of aromatic nitrogens is 1. The number of carbonyl (C=O) groups is 2. The van der Waals surface area contributed by atoms with Crippen molar-refractivity contribution in [2.24, 2.45) is 0 Å². The van der Waals surface area contributed by atoms with Gasteiger partial charge in [0, 0.05) is 17.9 Å². The minimum absolute atomic E-state index is 0.192. The number of esters is 1. The fraction of sp³-hybridized carbons (Fsp3) is 0.304. The Balaban J connectivity index is 1.63. The summed E-state index contributed by atoms with van der Waals surface area (Å²) >= 11 is 0. The molecule has 1 amide bonds. The summed E-state index contributed by atoms with van der Waals surface area (Å²) in [4.78, 5) is 24.7. The Kier molecular flexibility index (Phi) is 5.83. The van der Waals surface area contributed by atoms with E-state index < -0.39 is 5.97 Å². The van der Waals surface area contributed by atoms with E-state index in [0.29, 0.717) is 5.56 Å². The predicted octanol–water partition coefficient (Wildman–Crippen LogP) is 4.31. The van der Waals surface area contributed by atoms with Gasteiger partial charge in [-0.3, -0.25) is 4.79 Å². The van der Waals surface area contributed by atoms with Gasteiger partial charge in [-0.05, 0) is 50.1 Å². The zero-order chi connectivity index (χ0) is 20.3. The smallest absolute Gasteiger partial charge is 0.340 e. The summed E-state index contributed by atoms with van der Waals surface area (Å²) in [6.45, 7) is 8.27. The number of aryl methyl sites for hydroxylation is 1. The Morgan fingerprint density at radius 3 is 2.54 bits per heavy atom. The van der Waals surface area contributed by atoms with E-state index in [2.05, 4.69) is 5.32 Å². The van der Waals surface area contributed by atoms with E-state index in [0.717, 1.165) is 34.3 Å². The standard InChI is InChI=1S/C23H26N2O3/c1-5-25-15(2)13-21(17(25)4)23(27)28-14-22(26)24-16(3)19-12-8-10-18-9-6-7-11-20(18)19/h6-13,16H,5,14H2,1-4H3,(H,24,26). The molecule has 0 saturated carbocycles. The minimum Gasteiger partial charge on any atom is -0.452 e. The first kappa shape index (κ1) is 19.7. The number of fused-ring (bicyclic) bond motifs is 1. The Hall–Kier alpha value is -3.08. The molecule has 0 bridgehead atoms. The van der Waals surface area contributed by atoms with E-state index in [1.165, 1.54) is 0 Å². The molecule has 5 nitrogen and oxygen atoms in total. The zero-order valence-corrected chi connectivity index (χ0v) is 16.8. The van der Waals surface area contributed by atoms with E-state index in [9.17, 15) is 9.59 Å². The second kappa shape index (κ2) is 8.30. The molecule has 1 atom stereocenters. The summed E-state index contributed by atoms with van der Waals surface area (Å²) in [5.41, 5.74) is 3.40. The molecule has 5 heteroatoms. The second-order valence-electron chi connectivity index (χ2n) is 6.96. The molecule has 1 N–H and O–H groups in total. The number of nitrogens with one attached hydrogen (secondary N) is 1. The lowest BCUT2D eigenvalue weighted by molar-refractivity contribution is -0.124. The Labute approximate surface area is 165 Å². The van der Waals surface area contributed by atoms with Crippen LogP contribution in [0.2, 0.25) is 0 Å². The maximum absolute atomic E-state index is 12.4. The van der Waals surface area contributed by atoms with Crippen molar-refractivity contribution >= 4 is 22.6 Å². The summed E-state index contributed by atoms with van der Waals surface area (Å²) in [5, 5.41) is 5.14. The van der Waals surface area contributed by atoms with Crippen molar-refractivity contribution in [3.8, 4) is 0 Å². The zero-order valence-electron chi connectivity index (χ0n) is 16.8. The molecule has 0 aliphatic carbocycles. The summed E-state index contributed by atoms with van der Waals surface area (Å²) in [6, 6.07) is 15.7. The third-order valence-electron chi connectivity index (χ3n) is 5.11. The second-order valence-corrected chi connectivity index (χ2v) is 6.96. The van der Waals surface area contributed by atoms with Crippen molar-refractivity contribution in [1.82, 2.24) is 9.88 Å². The highest BCUT2D eigenvalue weighted by Gasteiger charge is 2.18. The van der Waals surface area contributed by atoms with Crippen LogP contribution in [0.15, 0.2) is 48.5 Å². The number of amides is 1. The van der Waals surface area contributed by atoms with Gasteiger partial charge in [0.2, 0.25) is 0 Å². The molecule has 1 aromatic heterocycles. The Morgan fingerprint density at radius 1 is 1.11 bits per heavy atom. The van der Waals surface area contributed by atoms with Crippen LogP contribution in [-0.2, 0) is 16.1 Å². The summed E-state index contributed by atoms with van der Waals surface area (Å²) in [7, 11) is 0. The van der Waals surface area contributed by atoms with Crippen LogP contribution in [0, 0.1) is 13.8 Å². The number of rotatable bonds is 6. The molecule has 0 saturated heterocycles. The third-order valence-corrected chi connectivity index (χ3v) is 5.11. The topological polar surface area (TPSA) is 60.3 Å². The maximum atomic E-state index is 12.4. The van der Waals surface area contributed by atoms with Crippen molar-refractivity contribution in [2.45, 2.75) is 40.3 Å². The van der Waals surface area contributed by atoms with Gasteiger partial charge in [0.05, 0.1) is 11.6 Å². The highest BCUT2D eigenvalue weighted by Crippen LogP contribution is 2.24. The van der Waals surface area contributed by atoms with Crippen molar-refractivity contribution < 1.29 is 14.3 Å². The molecule has 1 unspecified atom stereocenters. The molecule has 146 valence electrons. The highest BCUT2D eigenvalue weighted by molar-refractivity contribution is 5.93. The first-order valence-corrected chi connectivity index (χ1v) is 9.53. The van der Waals surface area contributed by atoms with Gasteiger partial charge >= 0.3 is 5.97 Å². The average Bonchev–Trinajstić information content (AvgIpc) is 2.99. The third kappa shape index (κ3) is 3.93. The number of nitrogens with zero attached hydrogens (tertiary/aromatic N) is 1. The Morgan fingerprint density at radius 2 is 1.82 bits per heavy atom. The molecule has 28 heavy (non-hydrogen) atoms. The largest absolute Gasteiger partial charge is 0.452 e. The minimum atomic E-state index is -0.472. The number of benzene rings is 2. The summed E-state index contributed by atoms with van der Waals surface area (Å²) < 4.78 is 7.28. The monoisotopic (exact) mass is 378 g/mol. The lowest BCUT2D eigenvalue weighted by Gasteiger charge is -2.16. The quantitative estimate of drug-likeness (QED) is 0.650. The maximum Gasteiger partial charge on any atom is 0.340 e. The van der Waals surface area contributed by atoms with Gasteiger partial charge in [-0.1, -0.05) is 42.5 Å². The van der Waals surface area contributed by atoms with Crippen molar-refractivity contribution in [2.75, 3.05) is 6.61 Å². The van der Waals surface area contributed by atoms with Crippen LogP contribution in [0.25, 0.3) is 10.8 Å². The fourth-order valence-electron chi connectivity index (χ4n) is 3.69. The number of hydrogen-bond acceptors (Lipinski definition) is 3. The van der Waals surface area contributed by atoms with Crippen molar-refractivity contribution in [3.05, 3.63) is 71.0 Å². The van der Waals surface area contributed by atoms with Gasteiger partial charge in [-0.15, -0.1) is 0 Å². The van der Waals surface area contributed by atoms with Crippen LogP contribution in [-0.4, -0.2) is 23.1 Å². The lowest BCUT2D eigenvalue weighted by Crippen LogP contribution is -2.31. The first-order chi connectivity index (χ1) is 13.4. The van der Waals surface area contributed by atoms with E-state index in [-0.39, 0.29) is 18.6 Å². The van der Waals surface area contributed by atoms with Gasteiger partial charge in [0.15, 0.2) is 6.61 Å². The summed E-state index contributed by atoms with van der Waals surface area (Å²) in [5.74, 6) is -0.793. The first-order valence-electron chi connectivity index (χ1n) is 9.53. The van der Waals surface area contributed by atoms with Gasteiger partial charge in [0.25, 0.3) is 5.91 Å². The molecule has 0 radical (unpaired) electrons. The highest BCUT2D eigenvalue weighted by atomic mass is 16.5. The summed E-state index contributed by atoms with van der Waals surface area (Å²) in [6.07, 6.45) is 0. The van der Waals surface area contributed by atoms with Crippen LogP contribution in [0.1, 0.15) is 47.2 Å². The van der Waals surface area contributed by atoms with Crippen molar-refractivity contribution in [3.63, 3.8) is 0 Å². The fourth-order valence-corrected chi connectivity index (χ4v) is 3.69. The van der Waals surface area contributed by atoms with Crippen LogP contribution >= 0.6 is 0 Å². The van der Waals surface area contributed by atoms with Gasteiger partial charge in [-0.25, -0.2) is 4.79 Å². The van der Waals surface area contributed by atoms with Crippen molar-refractivity contribution in [1.29, 1.82) is 0 Å². The van der Waals surface area contributed by atoms with Crippen LogP contribution in [0.4, 0.5) is 0 Å². The molecular formula is C23H26N2O3. The molecule has 0 spiro atoms. The molecular weight excluding hydrogens is 352 g/mol. The number of ether oxygens (including phenoxy) is 1. The molecule has 0 fully saturated rings. The van der Waals surface area contributed by atoms with Crippen LogP contribution < -0.4 is 5.32 Å². The molecule has 3 rings (SSSR count). The average molecular weight is 378 g/mol. The van der Waals surface area contributed by atoms with Gasteiger partial charge < -0.3 is 14.6 Å². The van der Waals surface area contributed by atoms with E-state index in [4.69, 9.17) is 4.74 Å². The Bertz CT molecular complexity index is 1010. The SMILES string of the molecule is CCn1c(C)cc(C(=O)OCC(=O)NC(C)c2cccc3ccccc23)c1C. The van der Waals surface area contributed by atoms with Crippen LogP contribution in [0.5, 0.6) is 0 Å². The van der Waals surface area contributed by atoms with Gasteiger partial charge in [-0.2, -0.15) is 0 Å². The van der Waals surface area contributed by atoms with E-state index in [1.54, 1.807) is 6.07 Å². The molecule has 0 aliphatic heterocycles. The lowest BCUT2D eigenvalue weighted by atomic mass is 10.00. The number of carbonyl (C=O) groups excluding carboxylic acids is 2.